The Hall–Kier alpha value is -2.36. The predicted molar refractivity (Wildman–Crippen MR) is 103 cm³/mol. The summed E-state index contributed by atoms with van der Waals surface area (Å²) in [7, 11) is 0. The Balaban J connectivity index is 1.65. The lowest BCUT2D eigenvalue weighted by molar-refractivity contribution is -0.116. The number of hydrogen-bond donors (Lipinski definition) is 2. The third kappa shape index (κ3) is 4.88. The number of hydrogen-bond acceptors (Lipinski definition) is 4. The van der Waals surface area contributed by atoms with Crippen molar-refractivity contribution in [3.63, 3.8) is 0 Å². The molecule has 140 valence electrons. The minimum atomic E-state index is -1.15. The number of nitrogens with one attached hydrogen (secondary N) is 1. The fourth-order valence-electron chi connectivity index (χ4n) is 2.27. The summed E-state index contributed by atoms with van der Waals surface area (Å²) in [6.07, 6.45) is 3.13. The number of rotatable bonds is 6. The normalized spacial score (nSPS) is 10.8. The summed E-state index contributed by atoms with van der Waals surface area (Å²) in [4.78, 5) is 23.0. The van der Waals surface area contributed by atoms with Gasteiger partial charge in [-0.3, -0.25) is 14.2 Å². The number of carboxylic acids is 1. The topological polar surface area (TPSA) is 102 Å². The van der Waals surface area contributed by atoms with Gasteiger partial charge in [0.1, 0.15) is 6.54 Å². The Kier molecular flexibility index (Phi) is 5.83. The van der Waals surface area contributed by atoms with Crippen LogP contribution in [0.1, 0.15) is 16.1 Å². The lowest BCUT2D eigenvalue weighted by Gasteiger charge is -2.04. The Morgan fingerprint density at radius 3 is 2.59 bits per heavy atom. The molecule has 11 heteroatoms. The van der Waals surface area contributed by atoms with Crippen LogP contribution in [-0.2, 0) is 17.9 Å². The van der Waals surface area contributed by atoms with E-state index >= 15 is 0 Å². The van der Waals surface area contributed by atoms with E-state index in [9.17, 15) is 9.59 Å². The Morgan fingerprint density at radius 2 is 1.93 bits per heavy atom. The second kappa shape index (κ2) is 8.12. The highest BCUT2D eigenvalue weighted by Crippen LogP contribution is 2.24. The maximum absolute atomic E-state index is 12.1. The number of halogens is 3. The van der Waals surface area contributed by atoms with Crippen LogP contribution >= 0.6 is 39.1 Å². The molecule has 0 spiro atoms. The molecule has 0 saturated carbocycles. The van der Waals surface area contributed by atoms with E-state index in [-0.39, 0.29) is 12.2 Å². The van der Waals surface area contributed by atoms with E-state index in [1.54, 1.807) is 23.0 Å². The first kappa shape index (κ1) is 19.4. The second-order valence-corrected chi connectivity index (χ2v) is 7.19. The lowest BCUT2D eigenvalue weighted by atomic mass is 10.2. The number of anilines is 1. The van der Waals surface area contributed by atoms with E-state index in [2.05, 4.69) is 31.4 Å². The number of aromatic carboxylic acids is 1. The molecule has 2 N–H and O–H groups in total. The van der Waals surface area contributed by atoms with Crippen LogP contribution in [0.3, 0.4) is 0 Å². The van der Waals surface area contributed by atoms with Crippen LogP contribution in [0.25, 0.3) is 0 Å². The van der Waals surface area contributed by atoms with Gasteiger partial charge < -0.3 is 10.4 Å². The van der Waals surface area contributed by atoms with Gasteiger partial charge in [-0.25, -0.2) is 4.79 Å². The molecule has 0 aliphatic rings. The monoisotopic (exact) mass is 471 g/mol. The van der Waals surface area contributed by atoms with Crippen molar-refractivity contribution in [2.75, 3.05) is 5.32 Å². The second-order valence-electron chi connectivity index (χ2n) is 5.52. The third-order valence-corrected chi connectivity index (χ3v) is 4.79. The van der Waals surface area contributed by atoms with Crippen molar-refractivity contribution in [3.8, 4) is 0 Å². The van der Waals surface area contributed by atoms with Crippen LogP contribution in [0.15, 0.2) is 41.1 Å². The number of amides is 1. The predicted octanol–water partition coefficient (Wildman–Crippen LogP) is 3.53. The van der Waals surface area contributed by atoms with E-state index in [0.29, 0.717) is 26.9 Å². The molecule has 1 aromatic carbocycles. The van der Waals surface area contributed by atoms with Gasteiger partial charge in [0.25, 0.3) is 0 Å². The van der Waals surface area contributed by atoms with E-state index in [1.165, 1.54) is 16.9 Å². The zero-order valence-corrected chi connectivity index (χ0v) is 16.7. The van der Waals surface area contributed by atoms with E-state index < -0.39 is 11.9 Å². The van der Waals surface area contributed by atoms with Gasteiger partial charge in [-0.15, -0.1) is 0 Å². The van der Waals surface area contributed by atoms with Crippen LogP contribution in [-0.4, -0.2) is 36.5 Å². The molecular weight excluding hydrogens is 461 g/mol. The van der Waals surface area contributed by atoms with Crippen molar-refractivity contribution in [2.45, 2.75) is 13.1 Å². The first-order chi connectivity index (χ1) is 12.8. The van der Waals surface area contributed by atoms with Crippen LogP contribution < -0.4 is 5.32 Å². The SMILES string of the molecule is O=C(Cn1ccc(C(=O)O)n1)Nc1nn(Cc2ccc(Cl)c(Cl)c2)cc1Br. The maximum Gasteiger partial charge on any atom is 0.356 e. The number of nitrogens with zero attached hydrogens (tertiary/aromatic N) is 4. The highest BCUT2D eigenvalue weighted by atomic mass is 79.9. The quantitative estimate of drug-likeness (QED) is 0.571. The van der Waals surface area contributed by atoms with Crippen LogP contribution in [0.2, 0.25) is 10.0 Å². The highest BCUT2D eigenvalue weighted by molar-refractivity contribution is 9.10. The number of benzene rings is 1. The maximum atomic E-state index is 12.1. The first-order valence-corrected chi connectivity index (χ1v) is 9.10. The summed E-state index contributed by atoms with van der Waals surface area (Å²) in [5, 5.41) is 20.5. The van der Waals surface area contributed by atoms with Crippen LogP contribution in [0.4, 0.5) is 5.82 Å². The fourth-order valence-corrected chi connectivity index (χ4v) is 3.01. The zero-order chi connectivity index (χ0) is 19.6. The van der Waals surface area contributed by atoms with Gasteiger partial charge in [-0.05, 0) is 39.7 Å². The fraction of sp³-hybridized carbons (Fsp3) is 0.125. The van der Waals surface area contributed by atoms with Gasteiger partial charge >= 0.3 is 5.97 Å². The molecule has 2 aromatic heterocycles. The Labute approximate surface area is 171 Å². The van der Waals surface area contributed by atoms with Gasteiger partial charge in [0.15, 0.2) is 11.5 Å². The summed E-state index contributed by atoms with van der Waals surface area (Å²) in [5.74, 6) is -1.21. The molecule has 0 saturated heterocycles. The van der Waals surface area contributed by atoms with Crippen molar-refractivity contribution in [2.24, 2.45) is 0 Å². The number of carbonyl (C=O) groups is 2. The first-order valence-electron chi connectivity index (χ1n) is 7.55. The standard InChI is InChI=1S/C16H12BrCl2N5O3/c17-10-7-24(6-9-1-2-11(18)12(19)5-9)22-15(10)20-14(25)8-23-4-3-13(21-23)16(26)27/h1-5,7H,6,8H2,(H,26,27)(H,20,22,25). The molecule has 2 heterocycles. The average molecular weight is 473 g/mol. The van der Waals surface area contributed by atoms with Crippen molar-refractivity contribution in [1.29, 1.82) is 0 Å². The van der Waals surface area contributed by atoms with Crippen LogP contribution in [0, 0.1) is 0 Å². The van der Waals surface area contributed by atoms with Gasteiger partial charge in [0, 0.05) is 12.4 Å². The average Bonchev–Trinajstić information content (AvgIpc) is 3.18. The lowest BCUT2D eigenvalue weighted by Crippen LogP contribution is -2.20. The highest BCUT2D eigenvalue weighted by Gasteiger charge is 2.13. The summed E-state index contributed by atoms with van der Waals surface area (Å²) >= 11 is 15.3. The molecule has 0 aliphatic heterocycles. The van der Waals surface area contributed by atoms with Gasteiger partial charge in [0.2, 0.25) is 5.91 Å². The smallest absolute Gasteiger partial charge is 0.356 e. The molecule has 0 radical (unpaired) electrons. The molecule has 1 amide bonds. The molecule has 27 heavy (non-hydrogen) atoms. The minimum absolute atomic E-state index is 0.130. The third-order valence-electron chi connectivity index (χ3n) is 3.47. The van der Waals surface area contributed by atoms with Crippen molar-refractivity contribution < 1.29 is 14.7 Å². The summed E-state index contributed by atoms with van der Waals surface area (Å²) < 4.78 is 3.47. The molecule has 8 nitrogen and oxygen atoms in total. The molecule has 0 unspecified atom stereocenters. The van der Waals surface area contributed by atoms with Crippen LogP contribution in [0.5, 0.6) is 0 Å². The largest absolute Gasteiger partial charge is 0.476 e. The van der Waals surface area contributed by atoms with Gasteiger partial charge in [-0.1, -0.05) is 29.3 Å². The number of carboxylic acid groups (broad SMARTS) is 1. The van der Waals surface area contributed by atoms with E-state index in [1.807, 2.05) is 6.07 Å². The van der Waals surface area contributed by atoms with E-state index in [4.69, 9.17) is 28.3 Å². The van der Waals surface area contributed by atoms with Crippen molar-refractivity contribution in [1.82, 2.24) is 19.6 Å². The molecule has 0 atom stereocenters. The van der Waals surface area contributed by atoms with Crippen molar-refractivity contribution in [3.05, 3.63) is 62.4 Å². The van der Waals surface area contributed by atoms with Gasteiger partial charge in [-0.2, -0.15) is 10.2 Å². The van der Waals surface area contributed by atoms with Gasteiger partial charge in [0.05, 0.1) is 21.1 Å². The molecular formula is C16H12BrCl2N5O3. The molecule has 0 aliphatic carbocycles. The number of carbonyl (C=O) groups excluding carboxylic acids is 1. The summed E-state index contributed by atoms with van der Waals surface area (Å²) in [6, 6.07) is 6.60. The zero-order valence-electron chi connectivity index (χ0n) is 13.6. The minimum Gasteiger partial charge on any atom is -0.476 e. The Bertz CT molecular complexity index is 1020. The molecule has 3 rings (SSSR count). The molecule has 0 bridgehead atoms. The van der Waals surface area contributed by atoms with Crippen molar-refractivity contribution >= 4 is 56.8 Å². The Morgan fingerprint density at radius 1 is 1.15 bits per heavy atom. The summed E-state index contributed by atoms with van der Waals surface area (Å²) in [5.41, 5.74) is 0.768. The van der Waals surface area contributed by atoms with E-state index in [0.717, 1.165) is 5.56 Å². The molecule has 3 aromatic rings. The number of aromatic nitrogens is 4. The molecule has 0 fully saturated rings. The summed E-state index contributed by atoms with van der Waals surface area (Å²) in [6.45, 7) is 0.297.